The maximum Gasteiger partial charge on any atom is 0.261 e. The molecule has 2 aliphatic heterocycles. The van der Waals surface area contributed by atoms with E-state index in [1.165, 1.54) is 24.3 Å². The lowest BCUT2D eigenvalue weighted by Crippen LogP contribution is -2.31. The number of hydrogen-bond acceptors (Lipinski definition) is 8. The summed E-state index contributed by atoms with van der Waals surface area (Å²) in [6.07, 6.45) is 0.608. The Balaban J connectivity index is 1.30. The summed E-state index contributed by atoms with van der Waals surface area (Å²) >= 11 is 0. The summed E-state index contributed by atoms with van der Waals surface area (Å²) in [5.74, 6) is -0.108. The molecule has 0 aromatic heterocycles. The molecule has 0 fully saturated rings. The Morgan fingerprint density at radius 3 is 1.34 bits per heavy atom. The molecule has 0 aliphatic carbocycles. The molecule has 0 spiro atoms. The monoisotopic (exact) mass is 516 g/mol. The molecule has 0 unspecified atom stereocenters. The molecular weight excluding hydrogens is 492 g/mol. The average molecular weight is 517 g/mol. The molecule has 0 saturated heterocycles. The highest BCUT2D eigenvalue weighted by atomic mass is 16.5. The molecule has 0 bridgehead atoms. The molecule has 2 heterocycles. The van der Waals surface area contributed by atoms with Crippen LogP contribution in [0.2, 0.25) is 0 Å². The van der Waals surface area contributed by atoms with E-state index in [0.717, 1.165) is 9.80 Å². The Bertz CT molecular complexity index is 1350. The number of imide groups is 2. The van der Waals surface area contributed by atoms with Gasteiger partial charge in [0.25, 0.3) is 23.6 Å². The van der Waals surface area contributed by atoms with Gasteiger partial charge in [-0.05, 0) is 61.4 Å². The Morgan fingerprint density at radius 2 is 0.921 bits per heavy atom. The first-order valence-electron chi connectivity index (χ1n) is 12.1. The number of benzene rings is 3. The van der Waals surface area contributed by atoms with Crippen LogP contribution < -0.4 is 9.47 Å². The third kappa shape index (κ3) is 4.62. The van der Waals surface area contributed by atoms with E-state index in [2.05, 4.69) is 0 Å². The smallest absolute Gasteiger partial charge is 0.261 e. The molecule has 10 nitrogen and oxygen atoms in total. The van der Waals surface area contributed by atoms with Crippen LogP contribution in [0.3, 0.4) is 0 Å². The van der Waals surface area contributed by atoms with Crippen molar-refractivity contribution in [3.8, 4) is 23.0 Å². The van der Waals surface area contributed by atoms with Gasteiger partial charge >= 0.3 is 0 Å². The summed E-state index contributed by atoms with van der Waals surface area (Å²) < 4.78 is 11.8. The predicted molar refractivity (Wildman–Crippen MR) is 134 cm³/mol. The van der Waals surface area contributed by atoms with E-state index in [0.29, 0.717) is 35.8 Å². The maximum absolute atomic E-state index is 12.7. The summed E-state index contributed by atoms with van der Waals surface area (Å²) in [5.41, 5.74) is 1.06. The van der Waals surface area contributed by atoms with Crippen LogP contribution in [0, 0.1) is 0 Å². The molecule has 194 valence electrons. The van der Waals surface area contributed by atoms with Crippen LogP contribution >= 0.6 is 0 Å². The second-order valence-corrected chi connectivity index (χ2v) is 8.77. The van der Waals surface area contributed by atoms with Crippen molar-refractivity contribution in [1.29, 1.82) is 0 Å². The molecule has 38 heavy (non-hydrogen) atoms. The van der Waals surface area contributed by atoms with Gasteiger partial charge in [0, 0.05) is 32.4 Å². The third-order valence-electron chi connectivity index (χ3n) is 6.24. The molecule has 2 N–H and O–H groups in total. The zero-order valence-electron chi connectivity index (χ0n) is 20.3. The minimum absolute atomic E-state index is 0.122. The highest BCUT2D eigenvalue weighted by Crippen LogP contribution is 2.33. The van der Waals surface area contributed by atoms with Crippen molar-refractivity contribution in [3.05, 3.63) is 82.9 Å². The van der Waals surface area contributed by atoms with E-state index in [1.807, 2.05) is 0 Å². The van der Waals surface area contributed by atoms with Gasteiger partial charge in [-0.25, -0.2) is 0 Å². The molecular formula is C28H24N2O8. The normalized spacial score (nSPS) is 14.3. The van der Waals surface area contributed by atoms with E-state index in [1.54, 1.807) is 36.4 Å². The number of hydrogen-bond donors (Lipinski definition) is 2. The molecule has 10 heteroatoms. The first kappa shape index (κ1) is 25.1. The fourth-order valence-electron chi connectivity index (χ4n) is 4.40. The fourth-order valence-corrected chi connectivity index (χ4v) is 4.40. The quantitative estimate of drug-likeness (QED) is 0.393. The van der Waals surface area contributed by atoms with Crippen molar-refractivity contribution < 1.29 is 38.9 Å². The van der Waals surface area contributed by atoms with Gasteiger partial charge in [-0.15, -0.1) is 0 Å². The van der Waals surface area contributed by atoms with Crippen molar-refractivity contribution in [1.82, 2.24) is 9.80 Å². The van der Waals surface area contributed by atoms with Gasteiger partial charge in [0.1, 0.15) is 23.0 Å². The van der Waals surface area contributed by atoms with Crippen LogP contribution in [-0.4, -0.2) is 69.9 Å². The van der Waals surface area contributed by atoms with E-state index >= 15 is 0 Å². The first-order chi connectivity index (χ1) is 18.4. The number of carbonyl (C=O) groups excluding carboxylic acids is 4. The number of fused-ring (bicyclic) bond motifs is 2. The Hall–Kier alpha value is -4.54. The topological polar surface area (TPSA) is 134 Å². The van der Waals surface area contributed by atoms with Crippen molar-refractivity contribution in [2.75, 3.05) is 26.3 Å². The zero-order valence-corrected chi connectivity index (χ0v) is 20.3. The zero-order chi connectivity index (χ0) is 26.8. The highest BCUT2D eigenvalue weighted by Gasteiger charge is 2.36. The largest absolute Gasteiger partial charge is 0.457 e. The maximum atomic E-state index is 12.7. The summed E-state index contributed by atoms with van der Waals surface area (Å²) in [6.45, 7) is 0.0371. The molecule has 4 amide bonds. The van der Waals surface area contributed by atoms with Gasteiger partial charge in [0.2, 0.25) is 0 Å². The van der Waals surface area contributed by atoms with E-state index in [4.69, 9.17) is 19.7 Å². The third-order valence-corrected chi connectivity index (χ3v) is 6.24. The standard InChI is InChI=1S/C28H24N2O8/c31-12-2-10-29-25(33)21-8-6-19(15-23(21)27(29)35)37-17-4-1-5-18(14-17)38-20-7-9-22-24(16-20)28(36)30(26(22)34)11-3-13-32/h1,4-9,14-16,31-32H,2-3,10-13H2. The van der Waals surface area contributed by atoms with Crippen LogP contribution in [0.5, 0.6) is 23.0 Å². The number of amides is 4. The fraction of sp³-hybridized carbons (Fsp3) is 0.214. The van der Waals surface area contributed by atoms with Gasteiger partial charge in [-0.3, -0.25) is 29.0 Å². The van der Waals surface area contributed by atoms with Crippen LogP contribution in [0.1, 0.15) is 54.3 Å². The molecule has 3 aromatic rings. The molecule has 2 aliphatic rings. The molecule has 3 aromatic carbocycles. The lowest BCUT2D eigenvalue weighted by Gasteiger charge is -2.12. The lowest BCUT2D eigenvalue weighted by atomic mass is 10.1. The predicted octanol–water partition coefficient (Wildman–Crippen LogP) is 3.23. The highest BCUT2D eigenvalue weighted by molar-refractivity contribution is 6.22. The number of ether oxygens (including phenoxy) is 2. The Kier molecular flexibility index (Phi) is 6.91. The summed E-state index contributed by atoms with van der Waals surface area (Å²) in [4.78, 5) is 52.5. The Labute approximate surface area is 217 Å². The second kappa shape index (κ2) is 10.4. The van der Waals surface area contributed by atoms with Crippen LogP contribution in [-0.2, 0) is 0 Å². The minimum Gasteiger partial charge on any atom is -0.457 e. The Morgan fingerprint density at radius 1 is 0.526 bits per heavy atom. The van der Waals surface area contributed by atoms with Crippen molar-refractivity contribution in [3.63, 3.8) is 0 Å². The van der Waals surface area contributed by atoms with Gasteiger partial charge < -0.3 is 19.7 Å². The van der Waals surface area contributed by atoms with Crippen molar-refractivity contribution in [2.24, 2.45) is 0 Å². The lowest BCUT2D eigenvalue weighted by molar-refractivity contribution is 0.0629. The first-order valence-corrected chi connectivity index (χ1v) is 12.1. The van der Waals surface area contributed by atoms with E-state index < -0.39 is 23.6 Å². The van der Waals surface area contributed by atoms with E-state index in [9.17, 15) is 19.2 Å². The molecule has 0 saturated carbocycles. The van der Waals surface area contributed by atoms with Crippen LogP contribution in [0.15, 0.2) is 60.7 Å². The molecule has 0 radical (unpaired) electrons. The van der Waals surface area contributed by atoms with Crippen LogP contribution in [0.4, 0.5) is 0 Å². The van der Waals surface area contributed by atoms with Crippen molar-refractivity contribution >= 4 is 23.6 Å². The summed E-state index contributed by atoms with van der Waals surface area (Å²) in [5, 5.41) is 18.0. The van der Waals surface area contributed by atoms with Gasteiger partial charge in [0.05, 0.1) is 22.3 Å². The number of nitrogens with zero attached hydrogens (tertiary/aromatic N) is 2. The molecule has 0 atom stereocenters. The summed E-state index contributed by atoms with van der Waals surface area (Å²) in [7, 11) is 0. The minimum atomic E-state index is -0.430. The van der Waals surface area contributed by atoms with Gasteiger partial charge in [-0.2, -0.15) is 0 Å². The van der Waals surface area contributed by atoms with Gasteiger partial charge in [-0.1, -0.05) is 6.07 Å². The number of carbonyl (C=O) groups is 4. The average Bonchev–Trinajstić information content (AvgIpc) is 3.29. The second-order valence-electron chi connectivity index (χ2n) is 8.77. The van der Waals surface area contributed by atoms with Gasteiger partial charge in [0.15, 0.2) is 0 Å². The SMILES string of the molecule is O=C1c2ccc(Oc3cccc(Oc4ccc5c(c4)C(=O)N(CCCO)C5=O)c3)cc2C(=O)N1CCCO. The van der Waals surface area contributed by atoms with Crippen LogP contribution in [0.25, 0.3) is 0 Å². The number of aliphatic hydroxyl groups is 2. The van der Waals surface area contributed by atoms with Crippen molar-refractivity contribution in [2.45, 2.75) is 12.8 Å². The number of aliphatic hydroxyl groups excluding tert-OH is 2. The molecule has 5 rings (SSSR count). The summed E-state index contributed by atoms with van der Waals surface area (Å²) in [6, 6.07) is 16.0. The van der Waals surface area contributed by atoms with E-state index in [-0.39, 0.29) is 48.6 Å². The number of rotatable bonds is 10.